The molecule has 0 radical (unpaired) electrons. The topological polar surface area (TPSA) is 101 Å². The number of aromatic nitrogens is 2. The molecule has 1 aromatic rings. The molecule has 0 bridgehead atoms. The van der Waals surface area contributed by atoms with Gasteiger partial charge in [0.2, 0.25) is 11.8 Å². The summed E-state index contributed by atoms with van der Waals surface area (Å²) in [4.78, 5) is 34.5. The molecule has 1 aliphatic rings. The molecule has 0 spiro atoms. The summed E-state index contributed by atoms with van der Waals surface area (Å²) in [5.41, 5.74) is 0.946. The minimum atomic E-state index is -0.702. The lowest BCUT2D eigenvalue weighted by atomic mass is 10.1. The molecule has 0 aliphatic carbocycles. The second kappa shape index (κ2) is 5.77. The van der Waals surface area contributed by atoms with Gasteiger partial charge in [-0.2, -0.15) is 5.10 Å². The van der Waals surface area contributed by atoms with Gasteiger partial charge in [-0.25, -0.2) is 0 Å². The van der Waals surface area contributed by atoms with Gasteiger partial charge in [0.15, 0.2) is 5.69 Å². The van der Waals surface area contributed by atoms with Crippen molar-refractivity contribution >= 4 is 17.7 Å². The van der Waals surface area contributed by atoms with Crippen LogP contribution in [0.25, 0.3) is 0 Å². The van der Waals surface area contributed by atoms with Gasteiger partial charge in [0.25, 0.3) is 5.91 Å². The summed E-state index contributed by atoms with van der Waals surface area (Å²) in [5.74, 6) is -1.04. The van der Waals surface area contributed by atoms with E-state index in [-0.39, 0.29) is 23.9 Å². The lowest BCUT2D eigenvalue weighted by Gasteiger charge is -2.21. The quantitative estimate of drug-likeness (QED) is 0.764. The Morgan fingerprint density at radius 2 is 2.10 bits per heavy atom. The Hall–Kier alpha value is -2.31. The van der Waals surface area contributed by atoms with Crippen LogP contribution in [0, 0.1) is 0 Å². The highest BCUT2D eigenvalue weighted by Gasteiger charge is 2.28. The first-order valence-electron chi connectivity index (χ1n) is 6.45. The summed E-state index contributed by atoms with van der Waals surface area (Å²) in [6.07, 6.45) is 0.516. The Morgan fingerprint density at radius 1 is 1.35 bits per heavy atom. The highest BCUT2D eigenvalue weighted by atomic mass is 16.2. The molecule has 2 heterocycles. The van der Waals surface area contributed by atoms with Crippen molar-refractivity contribution < 1.29 is 14.4 Å². The first kappa shape index (κ1) is 14.1. The van der Waals surface area contributed by atoms with E-state index in [1.165, 1.54) is 0 Å². The van der Waals surface area contributed by atoms with Crippen LogP contribution in [0.2, 0.25) is 0 Å². The zero-order chi connectivity index (χ0) is 14.7. The van der Waals surface area contributed by atoms with Crippen molar-refractivity contribution in [3.8, 4) is 0 Å². The molecule has 1 saturated heterocycles. The van der Waals surface area contributed by atoms with Crippen molar-refractivity contribution in [1.82, 2.24) is 20.8 Å². The lowest BCUT2D eigenvalue weighted by molar-refractivity contribution is -0.134. The minimum absolute atomic E-state index is 0.152. The number of hydrogen-bond donors (Lipinski definition) is 2. The molecule has 20 heavy (non-hydrogen) atoms. The molecular weight excluding hydrogens is 260 g/mol. The van der Waals surface area contributed by atoms with E-state index >= 15 is 0 Å². The largest absolute Gasteiger partial charge is 0.339 e. The maximum Gasteiger partial charge on any atom is 0.272 e. The average Bonchev–Trinajstić information content (AvgIpc) is 2.42. The van der Waals surface area contributed by atoms with Gasteiger partial charge in [-0.1, -0.05) is 13.8 Å². The number of carbonyl (C=O) groups is 3. The van der Waals surface area contributed by atoms with Gasteiger partial charge in [-0.15, -0.1) is 5.10 Å². The Morgan fingerprint density at radius 3 is 2.65 bits per heavy atom. The van der Waals surface area contributed by atoms with Gasteiger partial charge in [-0.3, -0.25) is 19.7 Å². The van der Waals surface area contributed by atoms with Crippen LogP contribution in [0.3, 0.4) is 0 Å². The van der Waals surface area contributed by atoms with Crippen molar-refractivity contribution in [1.29, 1.82) is 0 Å². The van der Waals surface area contributed by atoms with Crippen LogP contribution >= 0.6 is 0 Å². The van der Waals surface area contributed by atoms with Crippen LogP contribution in [0.5, 0.6) is 0 Å². The fourth-order valence-corrected chi connectivity index (χ4v) is 1.84. The van der Waals surface area contributed by atoms with Crippen molar-refractivity contribution in [2.75, 3.05) is 0 Å². The summed E-state index contributed by atoms with van der Waals surface area (Å²) in [6, 6.07) is 2.60. The molecule has 0 saturated carbocycles. The van der Waals surface area contributed by atoms with Crippen LogP contribution in [0.4, 0.5) is 0 Å². The zero-order valence-electron chi connectivity index (χ0n) is 11.3. The third-order valence-electron chi connectivity index (χ3n) is 3.05. The van der Waals surface area contributed by atoms with Gasteiger partial charge in [0, 0.05) is 6.42 Å². The summed E-state index contributed by atoms with van der Waals surface area (Å²) in [7, 11) is 0. The first-order valence-corrected chi connectivity index (χ1v) is 6.45. The molecule has 1 unspecified atom stereocenters. The van der Waals surface area contributed by atoms with E-state index in [1.807, 2.05) is 13.8 Å². The maximum atomic E-state index is 11.9. The second-order valence-corrected chi connectivity index (χ2v) is 4.98. The number of piperidine rings is 1. The number of rotatable bonds is 3. The highest BCUT2D eigenvalue weighted by molar-refractivity contribution is 6.03. The van der Waals surface area contributed by atoms with Gasteiger partial charge >= 0.3 is 0 Å². The molecule has 0 aromatic carbocycles. The number of carbonyl (C=O) groups excluding carboxylic acids is 3. The van der Waals surface area contributed by atoms with Gasteiger partial charge in [-0.05, 0) is 24.5 Å². The summed E-state index contributed by atoms with van der Waals surface area (Å²) in [6.45, 7) is 3.96. The molecule has 7 heteroatoms. The third kappa shape index (κ3) is 3.17. The van der Waals surface area contributed by atoms with Crippen LogP contribution in [-0.4, -0.2) is 34.0 Å². The number of amides is 3. The Kier molecular flexibility index (Phi) is 4.07. The molecule has 1 aromatic heterocycles. The number of nitrogens with one attached hydrogen (secondary N) is 2. The Bertz CT molecular complexity index is 539. The number of imide groups is 1. The van der Waals surface area contributed by atoms with E-state index in [0.717, 1.165) is 5.69 Å². The Balaban J connectivity index is 2.01. The maximum absolute atomic E-state index is 11.9. The molecular formula is C13H16N4O3. The molecule has 1 atom stereocenters. The van der Waals surface area contributed by atoms with Crippen molar-refractivity contribution in [3.05, 3.63) is 23.5 Å². The van der Waals surface area contributed by atoms with Crippen LogP contribution < -0.4 is 10.6 Å². The minimum Gasteiger partial charge on any atom is -0.339 e. The van der Waals surface area contributed by atoms with E-state index < -0.39 is 17.9 Å². The predicted octanol–water partition coefficient (Wildman–Crippen LogP) is 0.135. The SMILES string of the molecule is CC(C)c1ccc(C(=O)NC2CCC(=O)NC2=O)nn1. The normalized spacial score (nSPS) is 18.9. The smallest absolute Gasteiger partial charge is 0.272 e. The van der Waals surface area contributed by atoms with Gasteiger partial charge < -0.3 is 5.32 Å². The molecule has 3 amide bonds. The molecule has 2 N–H and O–H groups in total. The van der Waals surface area contributed by atoms with E-state index in [9.17, 15) is 14.4 Å². The summed E-state index contributed by atoms with van der Waals surface area (Å²) < 4.78 is 0. The predicted molar refractivity (Wildman–Crippen MR) is 69.8 cm³/mol. The first-order chi connectivity index (χ1) is 9.47. The standard InChI is InChI=1S/C13H16N4O3/c1-7(2)8-3-4-10(17-16-8)13(20)14-9-5-6-11(18)15-12(9)19/h3-4,7,9H,5-6H2,1-2H3,(H,14,20)(H,15,18,19). The molecule has 1 aliphatic heterocycles. The van der Waals surface area contributed by atoms with Crippen LogP contribution in [0.1, 0.15) is 48.8 Å². The van der Waals surface area contributed by atoms with E-state index in [1.54, 1.807) is 12.1 Å². The average molecular weight is 276 g/mol. The van der Waals surface area contributed by atoms with Crippen molar-refractivity contribution in [3.63, 3.8) is 0 Å². The third-order valence-corrected chi connectivity index (χ3v) is 3.05. The fourth-order valence-electron chi connectivity index (χ4n) is 1.84. The highest BCUT2D eigenvalue weighted by Crippen LogP contribution is 2.10. The lowest BCUT2D eigenvalue weighted by Crippen LogP contribution is -2.52. The molecule has 1 fully saturated rings. The number of hydrogen-bond acceptors (Lipinski definition) is 5. The van der Waals surface area contributed by atoms with E-state index in [2.05, 4.69) is 20.8 Å². The molecule has 7 nitrogen and oxygen atoms in total. The van der Waals surface area contributed by atoms with Crippen LogP contribution in [0.15, 0.2) is 12.1 Å². The molecule has 106 valence electrons. The van der Waals surface area contributed by atoms with Crippen LogP contribution in [-0.2, 0) is 9.59 Å². The van der Waals surface area contributed by atoms with E-state index in [4.69, 9.17) is 0 Å². The Labute approximate surface area is 116 Å². The van der Waals surface area contributed by atoms with E-state index in [0.29, 0.717) is 6.42 Å². The van der Waals surface area contributed by atoms with Crippen molar-refractivity contribution in [2.45, 2.75) is 38.6 Å². The molecule has 2 rings (SSSR count). The zero-order valence-corrected chi connectivity index (χ0v) is 11.3. The number of nitrogens with zero attached hydrogens (tertiary/aromatic N) is 2. The van der Waals surface area contributed by atoms with Gasteiger partial charge in [0.1, 0.15) is 6.04 Å². The van der Waals surface area contributed by atoms with Gasteiger partial charge in [0.05, 0.1) is 5.69 Å². The fraction of sp³-hybridized carbons (Fsp3) is 0.462. The summed E-state index contributed by atoms with van der Waals surface area (Å²) >= 11 is 0. The second-order valence-electron chi connectivity index (χ2n) is 4.98. The van der Waals surface area contributed by atoms with Crippen molar-refractivity contribution in [2.24, 2.45) is 0 Å². The summed E-state index contributed by atoms with van der Waals surface area (Å²) in [5, 5.41) is 12.5. The monoisotopic (exact) mass is 276 g/mol.